The number of nitrogens with one attached hydrogen (secondary N) is 1. The third-order valence-electron chi connectivity index (χ3n) is 3.87. The van der Waals surface area contributed by atoms with Gasteiger partial charge in [0.25, 0.3) is 0 Å². The summed E-state index contributed by atoms with van der Waals surface area (Å²) < 4.78 is 0. The van der Waals surface area contributed by atoms with E-state index in [4.69, 9.17) is 0 Å². The van der Waals surface area contributed by atoms with Crippen LogP contribution in [0.2, 0.25) is 0 Å². The second-order valence-corrected chi connectivity index (χ2v) is 4.94. The number of unbranched alkanes of at least 4 members (excludes halogenated alkanes) is 1. The van der Waals surface area contributed by atoms with Gasteiger partial charge in [-0.2, -0.15) is 0 Å². The molecule has 0 aromatic rings. The Labute approximate surface area is 142 Å². The summed E-state index contributed by atoms with van der Waals surface area (Å²) in [6.45, 7) is 22.2. The zero-order valence-electron chi connectivity index (χ0n) is 17.4. The van der Waals surface area contributed by atoms with E-state index in [2.05, 4.69) is 45.2 Å². The monoisotopic (exact) mass is 311 g/mol. The van der Waals surface area contributed by atoms with Gasteiger partial charge in [0, 0.05) is 17.7 Å². The lowest BCUT2D eigenvalue weighted by molar-refractivity contribution is 0.326. The standard InChI is InChI=1S/C15H27N.3C2H6/c1-5-8-10-14-13(4)16-12-15(14,7-3)11-9-6-2;3*1-2/h8,10,16H,5-7,9,11-12H2,1-4H3;3*1-2H3/b10-8-;;;. The molecule has 1 heteroatoms. The Morgan fingerprint density at radius 3 is 1.95 bits per heavy atom. The van der Waals surface area contributed by atoms with Crippen LogP contribution in [0.5, 0.6) is 0 Å². The van der Waals surface area contributed by atoms with E-state index in [1.807, 2.05) is 41.5 Å². The first-order chi connectivity index (χ1) is 10.7. The molecule has 1 unspecified atom stereocenters. The van der Waals surface area contributed by atoms with Crippen molar-refractivity contribution in [3.63, 3.8) is 0 Å². The third kappa shape index (κ3) is 8.66. The van der Waals surface area contributed by atoms with Crippen molar-refractivity contribution in [2.75, 3.05) is 6.54 Å². The van der Waals surface area contributed by atoms with Gasteiger partial charge < -0.3 is 5.32 Å². The van der Waals surface area contributed by atoms with Crippen LogP contribution in [0.15, 0.2) is 23.4 Å². The van der Waals surface area contributed by atoms with Gasteiger partial charge in [-0.3, -0.25) is 0 Å². The minimum Gasteiger partial charge on any atom is -0.387 e. The van der Waals surface area contributed by atoms with Crippen LogP contribution < -0.4 is 5.32 Å². The summed E-state index contributed by atoms with van der Waals surface area (Å²) in [6.07, 6.45) is 11.0. The minimum absolute atomic E-state index is 0.408. The lowest BCUT2D eigenvalue weighted by atomic mass is 9.75. The van der Waals surface area contributed by atoms with Gasteiger partial charge in [-0.15, -0.1) is 0 Å². The molecule has 0 saturated carbocycles. The van der Waals surface area contributed by atoms with Crippen LogP contribution in [0.1, 0.15) is 101 Å². The molecule has 0 aliphatic carbocycles. The molecule has 1 aliphatic heterocycles. The molecule has 0 aromatic carbocycles. The van der Waals surface area contributed by atoms with E-state index >= 15 is 0 Å². The van der Waals surface area contributed by atoms with E-state index in [-0.39, 0.29) is 0 Å². The lowest BCUT2D eigenvalue weighted by Gasteiger charge is -2.29. The topological polar surface area (TPSA) is 12.0 Å². The van der Waals surface area contributed by atoms with Crippen LogP contribution in [0, 0.1) is 5.41 Å². The normalized spacial score (nSPS) is 19.4. The Bertz CT molecular complexity index is 276. The Morgan fingerprint density at radius 2 is 1.55 bits per heavy atom. The molecule has 22 heavy (non-hydrogen) atoms. The summed E-state index contributed by atoms with van der Waals surface area (Å²) in [4.78, 5) is 0. The maximum Gasteiger partial charge on any atom is 0.0241 e. The van der Waals surface area contributed by atoms with Gasteiger partial charge in [-0.05, 0) is 31.8 Å². The number of hydrogen-bond donors (Lipinski definition) is 1. The predicted molar refractivity (Wildman–Crippen MR) is 106 cm³/mol. The van der Waals surface area contributed by atoms with Crippen molar-refractivity contribution in [2.24, 2.45) is 5.41 Å². The van der Waals surface area contributed by atoms with Gasteiger partial charge in [0.15, 0.2) is 0 Å². The Hall–Kier alpha value is -0.720. The van der Waals surface area contributed by atoms with Crippen LogP contribution >= 0.6 is 0 Å². The van der Waals surface area contributed by atoms with E-state index in [9.17, 15) is 0 Å². The molecule has 1 nitrogen and oxygen atoms in total. The van der Waals surface area contributed by atoms with Crippen molar-refractivity contribution >= 4 is 0 Å². The van der Waals surface area contributed by atoms with E-state index < -0.39 is 0 Å². The zero-order valence-corrected chi connectivity index (χ0v) is 17.4. The zero-order chi connectivity index (χ0) is 18.0. The SMILES string of the molecule is CC.CC.CC.CC/C=C\C1=C(C)NCC1(CC)CCCC. The average molecular weight is 312 g/mol. The molecule has 0 amide bonds. The van der Waals surface area contributed by atoms with Crippen molar-refractivity contribution in [1.82, 2.24) is 5.32 Å². The molecule has 1 aliphatic rings. The molecule has 0 spiro atoms. The Kier molecular flexibility index (Phi) is 21.8. The average Bonchev–Trinajstić information content (AvgIpc) is 2.93. The molecule has 1 atom stereocenters. The molecule has 0 aromatic heterocycles. The highest BCUT2D eigenvalue weighted by Crippen LogP contribution is 2.42. The first kappa shape index (κ1) is 26.2. The van der Waals surface area contributed by atoms with Gasteiger partial charge in [-0.1, -0.05) is 87.3 Å². The summed E-state index contributed by atoms with van der Waals surface area (Å²) in [5, 5.41) is 3.56. The summed E-state index contributed by atoms with van der Waals surface area (Å²) in [6, 6.07) is 0. The second kappa shape index (κ2) is 18.3. The summed E-state index contributed by atoms with van der Waals surface area (Å²) in [7, 11) is 0. The van der Waals surface area contributed by atoms with Gasteiger partial charge in [0.1, 0.15) is 0 Å². The highest BCUT2D eigenvalue weighted by Gasteiger charge is 2.35. The van der Waals surface area contributed by atoms with Gasteiger partial charge in [-0.25, -0.2) is 0 Å². The number of rotatable bonds is 6. The molecular formula is C21H45N. The fourth-order valence-corrected chi connectivity index (χ4v) is 2.66. The number of hydrogen-bond acceptors (Lipinski definition) is 1. The van der Waals surface area contributed by atoms with Crippen molar-refractivity contribution in [2.45, 2.75) is 101 Å². The van der Waals surface area contributed by atoms with Gasteiger partial charge in [0.2, 0.25) is 0 Å². The van der Waals surface area contributed by atoms with Crippen molar-refractivity contribution in [3.05, 3.63) is 23.4 Å². The van der Waals surface area contributed by atoms with Crippen molar-refractivity contribution < 1.29 is 0 Å². The smallest absolute Gasteiger partial charge is 0.0241 e. The van der Waals surface area contributed by atoms with Crippen LogP contribution in [-0.4, -0.2) is 6.54 Å². The Balaban J connectivity index is -0.000000535. The first-order valence-electron chi connectivity index (χ1n) is 9.82. The van der Waals surface area contributed by atoms with Crippen LogP contribution in [-0.2, 0) is 0 Å². The summed E-state index contributed by atoms with van der Waals surface area (Å²) in [5.41, 5.74) is 3.36. The van der Waals surface area contributed by atoms with E-state index in [0.717, 1.165) is 13.0 Å². The van der Waals surface area contributed by atoms with E-state index in [0.29, 0.717) is 5.41 Å². The van der Waals surface area contributed by atoms with E-state index in [1.54, 1.807) is 5.57 Å². The molecule has 0 radical (unpaired) electrons. The molecule has 134 valence electrons. The van der Waals surface area contributed by atoms with Crippen LogP contribution in [0.4, 0.5) is 0 Å². The quantitative estimate of drug-likeness (QED) is 0.535. The summed E-state index contributed by atoms with van der Waals surface area (Å²) >= 11 is 0. The lowest BCUT2D eigenvalue weighted by Crippen LogP contribution is -2.26. The number of allylic oxidation sites excluding steroid dienone is 3. The van der Waals surface area contributed by atoms with Crippen LogP contribution in [0.3, 0.4) is 0 Å². The van der Waals surface area contributed by atoms with Crippen molar-refractivity contribution in [1.29, 1.82) is 0 Å². The Morgan fingerprint density at radius 1 is 1.00 bits per heavy atom. The fourth-order valence-electron chi connectivity index (χ4n) is 2.66. The predicted octanol–water partition coefficient (Wildman–Crippen LogP) is 7.50. The molecule has 0 bridgehead atoms. The molecule has 1 N–H and O–H groups in total. The molecule has 1 heterocycles. The van der Waals surface area contributed by atoms with E-state index in [1.165, 1.54) is 31.4 Å². The maximum atomic E-state index is 3.56. The first-order valence-corrected chi connectivity index (χ1v) is 9.82. The molecule has 0 fully saturated rings. The largest absolute Gasteiger partial charge is 0.387 e. The highest BCUT2D eigenvalue weighted by molar-refractivity contribution is 5.35. The molecule has 1 rings (SSSR count). The van der Waals surface area contributed by atoms with Crippen molar-refractivity contribution in [3.8, 4) is 0 Å². The summed E-state index contributed by atoms with van der Waals surface area (Å²) in [5.74, 6) is 0. The second-order valence-electron chi connectivity index (χ2n) is 4.94. The third-order valence-corrected chi connectivity index (χ3v) is 3.87. The minimum atomic E-state index is 0.408. The molecular weight excluding hydrogens is 266 g/mol. The van der Waals surface area contributed by atoms with Gasteiger partial charge in [0.05, 0.1) is 0 Å². The van der Waals surface area contributed by atoms with Gasteiger partial charge >= 0.3 is 0 Å². The van der Waals surface area contributed by atoms with Crippen LogP contribution in [0.25, 0.3) is 0 Å². The molecule has 0 saturated heterocycles. The maximum absolute atomic E-state index is 3.56. The highest BCUT2D eigenvalue weighted by atomic mass is 14.9. The fraction of sp³-hybridized carbons (Fsp3) is 0.810.